The first kappa shape index (κ1) is 16.2. The number of hydrogen-bond donors (Lipinski definition) is 0. The highest BCUT2D eigenvalue weighted by atomic mass is 16.5. The molecule has 0 spiro atoms. The van der Waals surface area contributed by atoms with Gasteiger partial charge in [-0.3, -0.25) is 9.69 Å². The summed E-state index contributed by atoms with van der Waals surface area (Å²) >= 11 is 0. The fraction of sp³-hybridized carbons (Fsp3) is 0.333. The molecule has 0 saturated carbocycles. The molecule has 4 nitrogen and oxygen atoms in total. The zero-order valence-corrected chi connectivity index (χ0v) is 12.6. The highest BCUT2D eigenvalue weighted by Gasteiger charge is 2.43. The molecule has 2 rings (SSSR count). The van der Waals surface area contributed by atoms with Gasteiger partial charge in [-0.1, -0.05) is 42.5 Å². The topological polar surface area (TPSA) is 46.6 Å². The van der Waals surface area contributed by atoms with Crippen LogP contribution in [-0.4, -0.2) is 35.8 Å². The van der Waals surface area contributed by atoms with Crippen LogP contribution >= 0.6 is 0 Å². The minimum Gasteiger partial charge on any atom is -0.460 e. The van der Waals surface area contributed by atoms with E-state index in [0.29, 0.717) is 13.0 Å². The van der Waals surface area contributed by atoms with E-state index in [0.717, 1.165) is 11.8 Å². The number of esters is 1. The fourth-order valence-electron chi connectivity index (χ4n) is 2.89. The second-order valence-corrected chi connectivity index (χ2v) is 5.36. The molecule has 1 saturated heterocycles. The molecule has 3 atom stereocenters. The van der Waals surface area contributed by atoms with Crippen molar-refractivity contribution >= 4 is 12.3 Å². The summed E-state index contributed by atoms with van der Waals surface area (Å²) in [6, 6.07) is 8.95. The first-order valence-electron chi connectivity index (χ1n) is 7.36. The molecular formula is C18H21NO3. The Morgan fingerprint density at radius 3 is 2.64 bits per heavy atom. The minimum absolute atomic E-state index is 0.148. The van der Waals surface area contributed by atoms with Crippen LogP contribution in [-0.2, 0) is 20.9 Å². The van der Waals surface area contributed by atoms with Gasteiger partial charge < -0.3 is 9.53 Å². The first-order valence-corrected chi connectivity index (χ1v) is 7.36. The third kappa shape index (κ3) is 3.52. The highest BCUT2D eigenvalue weighted by molar-refractivity contribution is 5.77. The van der Waals surface area contributed by atoms with Gasteiger partial charge in [0.25, 0.3) is 0 Å². The van der Waals surface area contributed by atoms with Crippen LogP contribution < -0.4 is 0 Å². The van der Waals surface area contributed by atoms with Gasteiger partial charge in [0.05, 0.1) is 0 Å². The van der Waals surface area contributed by atoms with Crippen molar-refractivity contribution in [2.45, 2.75) is 25.1 Å². The second-order valence-electron chi connectivity index (χ2n) is 5.36. The predicted molar refractivity (Wildman–Crippen MR) is 85.1 cm³/mol. The summed E-state index contributed by atoms with van der Waals surface area (Å²) in [5.41, 5.74) is 0.941. The van der Waals surface area contributed by atoms with Crippen LogP contribution in [0.5, 0.6) is 0 Å². The van der Waals surface area contributed by atoms with Gasteiger partial charge in [-0.2, -0.15) is 0 Å². The van der Waals surface area contributed by atoms with Crippen molar-refractivity contribution in [3.8, 4) is 0 Å². The van der Waals surface area contributed by atoms with Crippen LogP contribution in [0.4, 0.5) is 0 Å². The highest BCUT2D eigenvalue weighted by Crippen LogP contribution is 2.30. The zero-order chi connectivity index (χ0) is 15.9. The van der Waals surface area contributed by atoms with E-state index in [1.165, 1.54) is 0 Å². The molecule has 1 aliphatic heterocycles. The number of aldehydes is 1. The lowest BCUT2D eigenvalue weighted by atomic mass is 10.0. The lowest BCUT2D eigenvalue weighted by Gasteiger charge is -2.26. The Bertz CT molecular complexity index is 541. The van der Waals surface area contributed by atoms with Crippen molar-refractivity contribution in [1.82, 2.24) is 4.90 Å². The second kappa shape index (κ2) is 7.71. The number of benzene rings is 1. The number of hydrogen-bond acceptors (Lipinski definition) is 4. The van der Waals surface area contributed by atoms with Crippen LogP contribution in [0, 0.1) is 5.92 Å². The van der Waals surface area contributed by atoms with Crippen molar-refractivity contribution in [3.05, 3.63) is 61.2 Å². The molecule has 0 N–H and O–H groups in total. The maximum atomic E-state index is 12.4. The number of carbonyl (C=O) groups excluding carboxylic acids is 2. The molecular weight excluding hydrogens is 278 g/mol. The van der Waals surface area contributed by atoms with Crippen molar-refractivity contribution in [2.24, 2.45) is 5.92 Å². The lowest BCUT2D eigenvalue weighted by Crippen LogP contribution is -2.41. The van der Waals surface area contributed by atoms with E-state index in [2.05, 4.69) is 13.2 Å². The van der Waals surface area contributed by atoms with Crippen LogP contribution in [0.15, 0.2) is 55.6 Å². The van der Waals surface area contributed by atoms with Crippen molar-refractivity contribution in [3.63, 3.8) is 0 Å². The Kier molecular flexibility index (Phi) is 5.67. The van der Waals surface area contributed by atoms with E-state index in [1.54, 1.807) is 12.2 Å². The van der Waals surface area contributed by atoms with Gasteiger partial charge in [0.15, 0.2) is 0 Å². The van der Waals surface area contributed by atoms with Crippen LogP contribution in [0.2, 0.25) is 0 Å². The molecule has 0 aliphatic carbocycles. The number of likely N-dealkylation sites (tertiary alicyclic amines) is 1. The Morgan fingerprint density at radius 2 is 2.05 bits per heavy atom. The summed E-state index contributed by atoms with van der Waals surface area (Å²) in [6.07, 6.45) is 4.79. The van der Waals surface area contributed by atoms with E-state index >= 15 is 0 Å². The van der Waals surface area contributed by atoms with Crippen LogP contribution in [0.3, 0.4) is 0 Å². The average Bonchev–Trinajstić information content (AvgIpc) is 2.91. The van der Waals surface area contributed by atoms with Gasteiger partial charge in [0.2, 0.25) is 0 Å². The largest absolute Gasteiger partial charge is 0.460 e. The maximum absolute atomic E-state index is 12.4. The van der Waals surface area contributed by atoms with Crippen molar-refractivity contribution in [2.75, 3.05) is 6.54 Å². The molecule has 1 aromatic carbocycles. The molecule has 0 amide bonds. The molecule has 116 valence electrons. The van der Waals surface area contributed by atoms with Crippen LogP contribution in [0.25, 0.3) is 0 Å². The zero-order valence-electron chi connectivity index (χ0n) is 12.6. The summed E-state index contributed by atoms with van der Waals surface area (Å²) in [5, 5.41) is 0. The molecule has 0 unspecified atom stereocenters. The Labute approximate surface area is 131 Å². The fourth-order valence-corrected chi connectivity index (χ4v) is 2.89. The molecule has 1 aromatic rings. The van der Waals surface area contributed by atoms with Gasteiger partial charge in [0.1, 0.15) is 18.9 Å². The maximum Gasteiger partial charge on any atom is 0.323 e. The van der Waals surface area contributed by atoms with Gasteiger partial charge >= 0.3 is 5.97 Å². The van der Waals surface area contributed by atoms with Gasteiger partial charge in [-0.15, -0.1) is 13.2 Å². The molecule has 1 aliphatic rings. The Hall–Kier alpha value is -2.20. The van der Waals surface area contributed by atoms with Gasteiger partial charge in [-0.05, 0) is 12.0 Å². The molecule has 0 radical (unpaired) electrons. The average molecular weight is 299 g/mol. The number of ether oxygens (including phenoxy) is 1. The van der Waals surface area contributed by atoms with E-state index in [9.17, 15) is 9.59 Å². The number of carbonyl (C=O) groups is 2. The van der Waals surface area contributed by atoms with E-state index in [4.69, 9.17) is 4.74 Å². The molecule has 4 heteroatoms. The minimum atomic E-state index is -0.431. The summed E-state index contributed by atoms with van der Waals surface area (Å²) in [5.74, 6) is -0.534. The third-order valence-electron chi connectivity index (χ3n) is 3.97. The van der Waals surface area contributed by atoms with E-state index in [-0.39, 0.29) is 24.5 Å². The SMILES string of the molecule is C=CCN1[C@@H](C(=O)OCc2ccccc2)C[C@H](C=O)[C@@H]1C=C. The summed E-state index contributed by atoms with van der Waals surface area (Å²) in [6.45, 7) is 8.25. The van der Waals surface area contributed by atoms with E-state index < -0.39 is 6.04 Å². The van der Waals surface area contributed by atoms with Gasteiger partial charge in [0, 0.05) is 18.5 Å². The first-order chi connectivity index (χ1) is 10.7. The summed E-state index contributed by atoms with van der Waals surface area (Å²) < 4.78 is 5.41. The molecule has 0 aromatic heterocycles. The standard InChI is InChI=1S/C18H21NO3/c1-3-10-19-16(4-2)15(12-20)11-17(19)18(21)22-13-14-8-6-5-7-9-14/h3-9,12,15-17H,1-2,10-11,13H2/t15-,16+,17-/m1/s1. The molecule has 0 bridgehead atoms. The predicted octanol–water partition coefficient (Wildman–Crippen LogP) is 2.36. The van der Waals surface area contributed by atoms with Gasteiger partial charge in [-0.25, -0.2) is 0 Å². The quantitative estimate of drug-likeness (QED) is 0.440. The summed E-state index contributed by atoms with van der Waals surface area (Å²) in [7, 11) is 0. The number of rotatable bonds is 7. The Morgan fingerprint density at radius 1 is 1.32 bits per heavy atom. The van der Waals surface area contributed by atoms with Crippen molar-refractivity contribution in [1.29, 1.82) is 0 Å². The Balaban J connectivity index is 2.04. The molecule has 1 heterocycles. The monoisotopic (exact) mass is 299 g/mol. The smallest absolute Gasteiger partial charge is 0.323 e. The lowest BCUT2D eigenvalue weighted by molar-refractivity contribution is -0.150. The third-order valence-corrected chi connectivity index (χ3v) is 3.97. The normalized spacial score (nSPS) is 24.6. The molecule has 1 fully saturated rings. The summed E-state index contributed by atoms with van der Waals surface area (Å²) in [4.78, 5) is 25.5. The van der Waals surface area contributed by atoms with Crippen molar-refractivity contribution < 1.29 is 14.3 Å². The number of nitrogens with zero attached hydrogens (tertiary/aromatic N) is 1. The van der Waals surface area contributed by atoms with Crippen LogP contribution in [0.1, 0.15) is 12.0 Å². The molecule has 22 heavy (non-hydrogen) atoms. The van der Waals surface area contributed by atoms with E-state index in [1.807, 2.05) is 35.2 Å².